The lowest BCUT2D eigenvalue weighted by atomic mass is 9.99. The zero-order valence-electron chi connectivity index (χ0n) is 12.3. The Kier molecular flexibility index (Phi) is 1.55. The van der Waals surface area contributed by atoms with E-state index in [1.54, 1.807) is 12.3 Å². The number of nitrogens with zero attached hydrogens (tertiary/aromatic N) is 5. The molecule has 1 aliphatic rings. The number of anilines is 1. The minimum atomic E-state index is -2.40. The molecule has 0 aromatic carbocycles. The van der Waals surface area contributed by atoms with E-state index >= 15 is 0 Å². The van der Waals surface area contributed by atoms with Gasteiger partial charge in [0.2, 0.25) is 0 Å². The summed E-state index contributed by atoms with van der Waals surface area (Å²) in [6.45, 7) is -0.476. The summed E-state index contributed by atoms with van der Waals surface area (Å²) >= 11 is 6.15. The molecule has 1 unspecified atom stereocenters. The van der Waals surface area contributed by atoms with Crippen molar-refractivity contribution in [1.29, 1.82) is 0 Å². The van der Waals surface area contributed by atoms with Crippen LogP contribution >= 0.6 is 11.6 Å². The first kappa shape index (κ1) is 7.66. The van der Waals surface area contributed by atoms with Crippen LogP contribution in [-0.2, 0) is 6.98 Å². The second kappa shape index (κ2) is 3.43. The molecule has 3 rings (SSSR count). The number of hydrogen-bond donors (Lipinski definition) is 0. The summed E-state index contributed by atoms with van der Waals surface area (Å²) in [6.07, 6.45) is 1.57. The van der Waals surface area contributed by atoms with E-state index in [1.165, 1.54) is 0 Å². The quantitative estimate of drug-likeness (QED) is 0.674. The number of pyridine rings is 1. The molecule has 2 aromatic rings. The van der Waals surface area contributed by atoms with Crippen LogP contribution in [0.15, 0.2) is 12.3 Å². The Bertz CT molecular complexity index is 681. The summed E-state index contributed by atoms with van der Waals surface area (Å²) in [5, 5.41) is 8.61. The van der Waals surface area contributed by atoms with E-state index in [9.17, 15) is 0 Å². The van der Waals surface area contributed by atoms with Crippen molar-refractivity contribution in [2.24, 2.45) is 6.98 Å². The summed E-state index contributed by atoms with van der Waals surface area (Å²) in [7, 11) is 1.87. The number of aromatic nitrogens is 4. The van der Waals surface area contributed by atoms with Gasteiger partial charge in [-0.05, 0) is 13.0 Å². The number of fused-ring (bicyclic) bond motifs is 3. The molecule has 0 aliphatic carbocycles. The van der Waals surface area contributed by atoms with Crippen LogP contribution in [0.4, 0.5) is 5.69 Å². The lowest BCUT2D eigenvalue weighted by Crippen LogP contribution is -2.26. The van der Waals surface area contributed by atoms with Gasteiger partial charge in [0, 0.05) is 29.9 Å². The van der Waals surface area contributed by atoms with Gasteiger partial charge in [-0.3, -0.25) is 0 Å². The fraction of sp³-hybridized carbons (Fsp3) is 0.364. The van der Waals surface area contributed by atoms with Crippen molar-refractivity contribution < 1.29 is 4.11 Å². The van der Waals surface area contributed by atoms with Crippen LogP contribution in [0.5, 0.6) is 0 Å². The fourth-order valence-electron chi connectivity index (χ4n) is 2.12. The molecule has 0 saturated carbocycles. The van der Waals surface area contributed by atoms with E-state index in [1.807, 2.05) is 18.9 Å². The second-order valence-electron chi connectivity index (χ2n) is 4.01. The van der Waals surface area contributed by atoms with E-state index < -0.39 is 6.98 Å². The maximum absolute atomic E-state index is 7.42. The Labute approximate surface area is 108 Å². The molecule has 88 valence electrons. The van der Waals surface area contributed by atoms with Gasteiger partial charge in [0.05, 0.1) is 11.7 Å². The van der Waals surface area contributed by atoms with E-state index in [4.69, 9.17) is 15.7 Å². The smallest absolute Gasteiger partial charge is 0.152 e. The number of rotatable bonds is 0. The van der Waals surface area contributed by atoms with Gasteiger partial charge in [0.25, 0.3) is 0 Å². The SMILES string of the molecule is [2H]C([2H])([2H])n1nc2c(n1)C(C)N(C)c1c-2ccnc1Cl. The molecule has 6 heteroatoms. The third-order valence-corrected chi connectivity index (χ3v) is 3.38. The topological polar surface area (TPSA) is 46.8 Å². The average Bonchev–Trinajstić information content (AvgIpc) is 2.81. The van der Waals surface area contributed by atoms with Gasteiger partial charge in [0.1, 0.15) is 11.4 Å². The third-order valence-electron chi connectivity index (χ3n) is 3.10. The Morgan fingerprint density at radius 3 is 3.06 bits per heavy atom. The standard InChI is InChI=1S/C11H12ClN5/c1-6-8-9(15-17(3)14-8)7-4-5-13-11(12)10(7)16(6)2/h4-6H,1-3H3/i3D3. The van der Waals surface area contributed by atoms with E-state index in [0.29, 0.717) is 16.5 Å². The Morgan fingerprint density at radius 2 is 2.29 bits per heavy atom. The molecule has 2 aromatic heterocycles. The van der Waals surface area contributed by atoms with Crippen molar-refractivity contribution in [3.8, 4) is 11.3 Å². The van der Waals surface area contributed by atoms with E-state index in [2.05, 4.69) is 15.2 Å². The van der Waals surface area contributed by atoms with Crippen LogP contribution in [0.3, 0.4) is 0 Å². The minimum Gasteiger partial charge on any atom is -0.363 e. The van der Waals surface area contributed by atoms with Crippen molar-refractivity contribution >= 4 is 17.3 Å². The van der Waals surface area contributed by atoms with Gasteiger partial charge < -0.3 is 4.90 Å². The minimum absolute atomic E-state index is 0.129. The van der Waals surface area contributed by atoms with Gasteiger partial charge in [-0.15, -0.1) is 0 Å². The zero-order valence-corrected chi connectivity index (χ0v) is 10.1. The Morgan fingerprint density at radius 1 is 1.47 bits per heavy atom. The number of aryl methyl sites for hydroxylation is 1. The molecule has 0 saturated heterocycles. The molecule has 1 aliphatic heterocycles. The summed E-state index contributed by atoms with van der Waals surface area (Å²) in [5.41, 5.74) is 2.66. The summed E-state index contributed by atoms with van der Waals surface area (Å²) in [6, 6.07) is 1.64. The van der Waals surface area contributed by atoms with Gasteiger partial charge in [-0.2, -0.15) is 15.0 Å². The van der Waals surface area contributed by atoms with Crippen molar-refractivity contribution in [3.63, 3.8) is 0 Å². The van der Waals surface area contributed by atoms with Crippen LogP contribution < -0.4 is 4.90 Å². The van der Waals surface area contributed by atoms with E-state index in [0.717, 1.165) is 16.0 Å². The Balaban J connectivity index is 2.28. The largest absolute Gasteiger partial charge is 0.363 e. The highest BCUT2D eigenvalue weighted by molar-refractivity contribution is 6.32. The van der Waals surface area contributed by atoms with Crippen molar-refractivity contribution in [1.82, 2.24) is 20.0 Å². The zero-order chi connectivity index (χ0) is 14.7. The molecule has 0 bridgehead atoms. The van der Waals surface area contributed by atoms with Crippen LogP contribution in [0.25, 0.3) is 11.3 Å². The molecule has 0 amide bonds. The van der Waals surface area contributed by atoms with Gasteiger partial charge in [0.15, 0.2) is 5.15 Å². The van der Waals surface area contributed by atoms with Gasteiger partial charge in [-0.25, -0.2) is 4.98 Å². The first-order valence-corrected chi connectivity index (χ1v) is 5.54. The molecular weight excluding hydrogens is 238 g/mol. The number of hydrogen-bond acceptors (Lipinski definition) is 4. The van der Waals surface area contributed by atoms with Crippen LogP contribution in [0.1, 0.15) is 22.8 Å². The van der Waals surface area contributed by atoms with Gasteiger partial charge >= 0.3 is 0 Å². The van der Waals surface area contributed by atoms with Crippen LogP contribution in [0.2, 0.25) is 5.15 Å². The van der Waals surface area contributed by atoms with Gasteiger partial charge in [-0.1, -0.05) is 11.6 Å². The highest BCUT2D eigenvalue weighted by Gasteiger charge is 2.31. The lowest BCUT2D eigenvalue weighted by Gasteiger charge is -2.32. The fourth-order valence-corrected chi connectivity index (χ4v) is 2.41. The molecule has 3 heterocycles. The van der Waals surface area contributed by atoms with Crippen molar-refractivity contribution in [2.75, 3.05) is 11.9 Å². The van der Waals surface area contributed by atoms with Crippen LogP contribution in [-0.4, -0.2) is 27.0 Å². The molecule has 5 nitrogen and oxygen atoms in total. The molecule has 0 fully saturated rings. The molecule has 17 heavy (non-hydrogen) atoms. The lowest BCUT2D eigenvalue weighted by molar-refractivity contribution is 0.625. The molecule has 0 spiro atoms. The first-order valence-electron chi connectivity index (χ1n) is 6.66. The normalized spacial score (nSPS) is 21.2. The molecule has 1 atom stereocenters. The monoisotopic (exact) mass is 252 g/mol. The predicted octanol–water partition coefficient (Wildman–Crippen LogP) is 2.04. The van der Waals surface area contributed by atoms with E-state index in [-0.39, 0.29) is 6.04 Å². The summed E-state index contributed by atoms with van der Waals surface area (Å²) in [5.74, 6) is 0. The first-order chi connectivity index (χ1) is 9.30. The Hall–Kier alpha value is -1.62. The second-order valence-corrected chi connectivity index (χ2v) is 4.37. The third kappa shape index (κ3) is 1.35. The maximum Gasteiger partial charge on any atom is 0.152 e. The molecule has 0 radical (unpaired) electrons. The highest BCUT2D eigenvalue weighted by Crippen LogP contribution is 2.44. The van der Waals surface area contributed by atoms with Crippen LogP contribution in [0, 0.1) is 0 Å². The maximum atomic E-state index is 7.42. The molecular formula is C11H12ClN5. The summed E-state index contributed by atoms with van der Waals surface area (Å²) < 4.78 is 22.2. The summed E-state index contributed by atoms with van der Waals surface area (Å²) in [4.78, 5) is 6.77. The predicted molar refractivity (Wildman–Crippen MR) is 66.1 cm³/mol. The molecule has 0 N–H and O–H groups in total. The number of halogens is 1. The van der Waals surface area contributed by atoms with Crippen molar-refractivity contribution in [3.05, 3.63) is 23.1 Å². The average molecular weight is 253 g/mol. The highest BCUT2D eigenvalue weighted by atomic mass is 35.5. The van der Waals surface area contributed by atoms with Crippen molar-refractivity contribution in [2.45, 2.75) is 13.0 Å².